The fourth-order valence-corrected chi connectivity index (χ4v) is 1.77. The van der Waals surface area contributed by atoms with Crippen molar-refractivity contribution >= 4 is 11.9 Å². The Labute approximate surface area is 116 Å². The average molecular weight is 270 g/mol. The van der Waals surface area contributed by atoms with Gasteiger partial charge < -0.3 is 10.0 Å². The molecule has 0 saturated heterocycles. The van der Waals surface area contributed by atoms with Gasteiger partial charge in [0.25, 0.3) is 5.91 Å². The molecule has 1 heterocycles. The van der Waals surface area contributed by atoms with Crippen LogP contribution in [-0.2, 0) is 6.54 Å². The lowest BCUT2D eigenvalue weighted by atomic mass is 10.2. The first-order valence-corrected chi connectivity index (χ1v) is 6.06. The molecule has 0 radical (unpaired) electrons. The Bertz CT molecular complexity index is 609. The highest BCUT2D eigenvalue weighted by Crippen LogP contribution is 2.07. The van der Waals surface area contributed by atoms with Crippen molar-refractivity contribution in [2.75, 3.05) is 7.05 Å². The molecule has 0 spiro atoms. The number of carboxylic acids is 1. The van der Waals surface area contributed by atoms with Crippen LogP contribution >= 0.6 is 0 Å². The van der Waals surface area contributed by atoms with E-state index in [0.29, 0.717) is 6.54 Å². The smallest absolute Gasteiger partial charge is 0.337 e. The van der Waals surface area contributed by atoms with E-state index in [-0.39, 0.29) is 17.2 Å². The lowest BCUT2D eigenvalue weighted by molar-refractivity contribution is 0.0694. The van der Waals surface area contributed by atoms with Crippen molar-refractivity contribution in [3.63, 3.8) is 0 Å². The number of carboxylic acid groups (broad SMARTS) is 1. The fourth-order valence-electron chi connectivity index (χ4n) is 1.77. The van der Waals surface area contributed by atoms with Gasteiger partial charge in [-0.1, -0.05) is 30.3 Å². The number of rotatable bonds is 4. The molecular formula is C15H14N2O3. The number of nitrogens with zero attached hydrogens (tertiary/aromatic N) is 2. The Kier molecular flexibility index (Phi) is 4.10. The minimum Gasteiger partial charge on any atom is -0.478 e. The molecule has 2 aromatic rings. The lowest BCUT2D eigenvalue weighted by Crippen LogP contribution is -2.27. The normalized spacial score (nSPS) is 10.1. The highest BCUT2D eigenvalue weighted by atomic mass is 16.4. The Morgan fingerprint density at radius 3 is 2.40 bits per heavy atom. The maximum absolute atomic E-state index is 12.1. The summed E-state index contributed by atoms with van der Waals surface area (Å²) in [5.41, 5.74) is 1.31. The van der Waals surface area contributed by atoms with Crippen LogP contribution in [-0.4, -0.2) is 33.9 Å². The van der Waals surface area contributed by atoms with E-state index in [2.05, 4.69) is 4.98 Å². The van der Waals surface area contributed by atoms with E-state index in [4.69, 9.17) is 5.11 Å². The Morgan fingerprint density at radius 1 is 1.15 bits per heavy atom. The molecule has 0 saturated carbocycles. The number of hydrogen-bond acceptors (Lipinski definition) is 3. The summed E-state index contributed by atoms with van der Waals surface area (Å²) in [5, 5.41) is 8.78. The fraction of sp³-hybridized carbons (Fsp3) is 0.133. The molecule has 0 bridgehead atoms. The molecule has 1 aromatic carbocycles. The van der Waals surface area contributed by atoms with Crippen LogP contribution in [0.5, 0.6) is 0 Å². The van der Waals surface area contributed by atoms with Crippen molar-refractivity contribution in [3.8, 4) is 0 Å². The summed E-state index contributed by atoms with van der Waals surface area (Å²) >= 11 is 0. The molecule has 0 aliphatic rings. The number of carbonyl (C=O) groups excluding carboxylic acids is 1. The summed E-state index contributed by atoms with van der Waals surface area (Å²) in [6, 6.07) is 12.4. The largest absolute Gasteiger partial charge is 0.478 e. The van der Waals surface area contributed by atoms with Gasteiger partial charge in [-0.15, -0.1) is 0 Å². The minimum absolute atomic E-state index is 0.0623. The van der Waals surface area contributed by atoms with Gasteiger partial charge in [0.1, 0.15) is 5.69 Å². The third kappa shape index (κ3) is 3.20. The second kappa shape index (κ2) is 5.97. The van der Waals surface area contributed by atoms with Gasteiger partial charge in [-0.05, 0) is 17.7 Å². The molecule has 0 aliphatic carbocycles. The number of aromatic carboxylic acids is 1. The zero-order valence-electron chi connectivity index (χ0n) is 11.0. The maximum Gasteiger partial charge on any atom is 0.337 e. The molecule has 20 heavy (non-hydrogen) atoms. The maximum atomic E-state index is 12.1. The van der Waals surface area contributed by atoms with E-state index in [1.54, 1.807) is 7.05 Å². The monoisotopic (exact) mass is 270 g/mol. The van der Waals surface area contributed by atoms with Gasteiger partial charge in [0, 0.05) is 19.8 Å². The van der Waals surface area contributed by atoms with Crippen molar-refractivity contribution in [3.05, 3.63) is 65.5 Å². The van der Waals surface area contributed by atoms with Crippen LogP contribution in [0.15, 0.2) is 48.7 Å². The molecule has 0 atom stereocenters. The Hall–Kier alpha value is -2.69. The molecule has 2 rings (SSSR count). The van der Waals surface area contributed by atoms with Crippen LogP contribution in [0.25, 0.3) is 0 Å². The Morgan fingerprint density at radius 2 is 1.85 bits per heavy atom. The van der Waals surface area contributed by atoms with Crippen LogP contribution in [0, 0.1) is 0 Å². The van der Waals surface area contributed by atoms with E-state index in [1.165, 1.54) is 23.2 Å². The van der Waals surface area contributed by atoms with Gasteiger partial charge in [-0.2, -0.15) is 0 Å². The molecule has 5 nitrogen and oxygen atoms in total. The van der Waals surface area contributed by atoms with E-state index in [9.17, 15) is 9.59 Å². The predicted molar refractivity (Wildman–Crippen MR) is 73.4 cm³/mol. The van der Waals surface area contributed by atoms with Crippen molar-refractivity contribution in [2.45, 2.75) is 6.54 Å². The number of amides is 1. The summed E-state index contributed by atoms with van der Waals surface area (Å²) in [6.45, 7) is 0.474. The second-order valence-electron chi connectivity index (χ2n) is 4.38. The first-order valence-electron chi connectivity index (χ1n) is 6.06. The summed E-state index contributed by atoms with van der Waals surface area (Å²) in [6.07, 6.45) is 1.19. The summed E-state index contributed by atoms with van der Waals surface area (Å²) in [7, 11) is 1.68. The third-order valence-electron chi connectivity index (χ3n) is 2.84. The van der Waals surface area contributed by atoms with Gasteiger partial charge >= 0.3 is 5.97 Å². The molecule has 5 heteroatoms. The number of benzene rings is 1. The molecule has 1 N–H and O–H groups in total. The topological polar surface area (TPSA) is 70.5 Å². The van der Waals surface area contributed by atoms with Crippen LogP contribution in [0.1, 0.15) is 26.4 Å². The highest BCUT2D eigenvalue weighted by Gasteiger charge is 2.14. The molecule has 0 aliphatic heterocycles. The SMILES string of the molecule is CN(Cc1ccccc1)C(=O)c1ccc(C(=O)O)cn1. The van der Waals surface area contributed by atoms with Gasteiger partial charge in [0.05, 0.1) is 5.56 Å². The molecule has 0 unspecified atom stereocenters. The molecule has 102 valence electrons. The Balaban J connectivity index is 2.08. The van der Waals surface area contributed by atoms with Gasteiger partial charge in [0.2, 0.25) is 0 Å². The zero-order valence-corrected chi connectivity index (χ0v) is 11.0. The van der Waals surface area contributed by atoms with E-state index in [0.717, 1.165) is 5.56 Å². The standard InChI is InChI=1S/C15H14N2O3/c1-17(10-11-5-3-2-4-6-11)14(18)13-8-7-12(9-16-13)15(19)20/h2-9H,10H2,1H3,(H,19,20). The van der Waals surface area contributed by atoms with Gasteiger partial charge in [0.15, 0.2) is 0 Å². The van der Waals surface area contributed by atoms with E-state index in [1.807, 2.05) is 30.3 Å². The summed E-state index contributed by atoms with van der Waals surface area (Å²) in [4.78, 5) is 28.3. The number of pyridine rings is 1. The van der Waals surface area contributed by atoms with Crippen LogP contribution in [0.4, 0.5) is 0 Å². The average Bonchev–Trinajstić information content (AvgIpc) is 2.47. The first-order chi connectivity index (χ1) is 9.58. The summed E-state index contributed by atoms with van der Waals surface area (Å²) in [5.74, 6) is -1.31. The number of hydrogen-bond donors (Lipinski definition) is 1. The molecule has 1 aromatic heterocycles. The van der Waals surface area contributed by atoms with E-state index >= 15 is 0 Å². The quantitative estimate of drug-likeness (QED) is 0.923. The van der Waals surface area contributed by atoms with Crippen molar-refractivity contribution in [1.82, 2.24) is 9.88 Å². The molecular weight excluding hydrogens is 256 g/mol. The van der Waals surface area contributed by atoms with Gasteiger partial charge in [-0.25, -0.2) is 4.79 Å². The van der Waals surface area contributed by atoms with Crippen LogP contribution < -0.4 is 0 Å². The summed E-state index contributed by atoms with van der Waals surface area (Å²) < 4.78 is 0. The van der Waals surface area contributed by atoms with Crippen molar-refractivity contribution in [1.29, 1.82) is 0 Å². The number of aromatic nitrogens is 1. The van der Waals surface area contributed by atoms with E-state index < -0.39 is 5.97 Å². The van der Waals surface area contributed by atoms with Crippen molar-refractivity contribution < 1.29 is 14.7 Å². The third-order valence-corrected chi connectivity index (χ3v) is 2.84. The molecule has 1 amide bonds. The zero-order chi connectivity index (χ0) is 14.5. The lowest BCUT2D eigenvalue weighted by Gasteiger charge is -2.16. The van der Waals surface area contributed by atoms with Crippen LogP contribution in [0.2, 0.25) is 0 Å². The number of carbonyl (C=O) groups is 2. The predicted octanol–water partition coefficient (Wildman–Crippen LogP) is 2.05. The van der Waals surface area contributed by atoms with Crippen molar-refractivity contribution in [2.24, 2.45) is 0 Å². The molecule has 0 fully saturated rings. The first kappa shape index (κ1) is 13.7. The van der Waals surface area contributed by atoms with Crippen LogP contribution in [0.3, 0.4) is 0 Å². The highest BCUT2D eigenvalue weighted by molar-refractivity contribution is 5.93. The minimum atomic E-state index is -1.06. The van der Waals surface area contributed by atoms with Gasteiger partial charge in [-0.3, -0.25) is 9.78 Å². The second-order valence-corrected chi connectivity index (χ2v) is 4.38.